The summed E-state index contributed by atoms with van der Waals surface area (Å²) in [6.45, 7) is -0.594. The van der Waals surface area contributed by atoms with Gasteiger partial charge in [0, 0.05) is 5.56 Å². The first-order chi connectivity index (χ1) is 24.2. The molecule has 5 aromatic carbocycles. The maximum atomic E-state index is 14.5. The lowest BCUT2D eigenvalue weighted by Gasteiger charge is -2.55. The molecular weight excluding hydrogens is 766 g/mol. The first kappa shape index (κ1) is 32.0. The Labute approximate surface area is 303 Å². The number of esters is 2. The van der Waals surface area contributed by atoms with Crippen LogP contribution in [0.4, 0.5) is 5.69 Å². The number of nitrogens with zero attached hydrogens (tertiary/aromatic N) is 1. The summed E-state index contributed by atoms with van der Waals surface area (Å²) in [4.78, 5) is 69.0. The number of ketones is 1. The molecule has 0 aromatic heterocycles. The van der Waals surface area contributed by atoms with Crippen molar-refractivity contribution in [2.45, 2.75) is 8.65 Å². The standard InChI is InChI=1S/C40H25Br2NO7/c41-39-27-13-5-6-14-28(27)40(42,30-16-8-7-15-29(30)39)34-33(39)35(45)43(36(34)46)31-17-9-4-12-26(31)38(48)49-22-32(44)23-18-20-25(21-19-23)50-37(47)24-10-2-1-3-11-24/h1-21,33-34H,22H2. The number of amides is 2. The van der Waals surface area contributed by atoms with Gasteiger partial charge in [-0.25, -0.2) is 14.5 Å². The lowest BCUT2D eigenvalue weighted by Crippen LogP contribution is -2.56. The summed E-state index contributed by atoms with van der Waals surface area (Å²) in [5, 5.41) is 0. The third-order valence-corrected chi connectivity index (χ3v) is 12.4. The smallest absolute Gasteiger partial charge is 0.343 e. The van der Waals surface area contributed by atoms with Gasteiger partial charge in [-0.1, -0.05) is 111 Å². The molecule has 0 saturated carbocycles. The Kier molecular flexibility index (Phi) is 7.69. The molecule has 2 atom stereocenters. The van der Waals surface area contributed by atoms with E-state index in [-0.39, 0.29) is 22.6 Å². The van der Waals surface area contributed by atoms with Gasteiger partial charge in [0.25, 0.3) is 0 Å². The van der Waals surface area contributed by atoms with Crippen molar-refractivity contribution in [1.82, 2.24) is 0 Å². The van der Waals surface area contributed by atoms with Gasteiger partial charge in [-0.3, -0.25) is 14.4 Å². The molecule has 50 heavy (non-hydrogen) atoms. The average Bonchev–Trinajstić information content (AvgIpc) is 3.43. The van der Waals surface area contributed by atoms with Crippen molar-refractivity contribution in [2.24, 2.45) is 11.8 Å². The monoisotopic (exact) mass is 789 g/mol. The molecule has 1 aliphatic heterocycles. The van der Waals surface area contributed by atoms with E-state index in [1.807, 2.05) is 48.5 Å². The van der Waals surface area contributed by atoms with Crippen molar-refractivity contribution in [3.05, 3.63) is 166 Å². The second-order valence-electron chi connectivity index (χ2n) is 12.3. The Morgan fingerprint density at radius 3 is 1.60 bits per heavy atom. The summed E-state index contributed by atoms with van der Waals surface area (Å²) in [6, 6.07) is 36.2. The van der Waals surface area contributed by atoms with Crippen LogP contribution in [-0.4, -0.2) is 36.1 Å². The number of rotatable bonds is 7. The van der Waals surface area contributed by atoms with E-state index in [4.69, 9.17) is 9.47 Å². The molecule has 2 amide bonds. The van der Waals surface area contributed by atoms with Gasteiger partial charge in [-0.05, 0) is 70.8 Å². The van der Waals surface area contributed by atoms with Gasteiger partial charge in [0.15, 0.2) is 12.4 Å². The summed E-state index contributed by atoms with van der Waals surface area (Å²) < 4.78 is 8.84. The predicted molar refractivity (Wildman–Crippen MR) is 191 cm³/mol. The van der Waals surface area contributed by atoms with Crippen LogP contribution in [0.15, 0.2) is 127 Å². The molecule has 0 N–H and O–H groups in total. The Bertz CT molecular complexity index is 2130. The number of benzene rings is 5. The minimum absolute atomic E-state index is 0.0292. The molecule has 4 aliphatic rings. The molecule has 9 rings (SSSR count). The number of anilines is 1. The molecule has 1 saturated heterocycles. The Morgan fingerprint density at radius 1 is 0.580 bits per heavy atom. The van der Waals surface area contributed by atoms with E-state index < -0.39 is 56.6 Å². The van der Waals surface area contributed by atoms with Crippen LogP contribution in [-0.2, 0) is 23.0 Å². The number of para-hydroxylation sites is 1. The lowest BCUT2D eigenvalue weighted by atomic mass is 9.54. The number of halogens is 2. The number of Topliss-reactive ketones (excluding diaryl/α,β-unsaturated/α-hetero) is 1. The fourth-order valence-electron chi connectivity index (χ4n) is 7.49. The van der Waals surface area contributed by atoms with Gasteiger partial charge in [0.05, 0.1) is 37.3 Å². The van der Waals surface area contributed by atoms with Crippen molar-refractivity contribution >= 4 is 67.1 Å². The van der Waals surface area contributed by atoms with E-state index in [1.165, 1.54) is 36.4 Å². The highest BCUT2D eigenvalue weighted by Crippen LogP contribution is 2.71. The largest absolute Gasteiger partial charge is 0.454 e. The fourth-order valence-corrected chi connectivity index (χ4v) is 9.79. The van der Waals surface area contributed by atoms with Crippen LogP contribution < -0.4 is 9.64 Å². The lowest BCUT2D eigenvalue weighted by molar-refractivity contribution is -0.122. The molecule has 8 nitrogen and oxygen atoms in total. The van der Waals surface area contributed by atoms with Crippen molar-refractivity contribution in [3.8, 4) is 5.75 Å². The molecule has 2 bridgehead atoms. The van der Waals surface area contributed by atoms with E-state index >= 15 is 0 Å². The van der Waals surface area contributed by atoms with Crippen molar-refractivity contribution in [3.63, 3.8) is 0 Å². The van der Waals surface area contributed by atoms with Crippen molar-refractivity contribution in [2.75, 3.05) is 11.5 Å². The third-order valence-electron chi connectivity index (χ3n) is 9.68. The SMILES string of the molecule is O=C(COC(=O)c1ccccc1N1C(=O)C2C(C1=O)C1(Br)c3ccccc3C2(Br)c2ccccc21)c1ccc(OC(=O)c2ccccc2)cc1. The van der Waals surface area contributed by atoms with Crippen molar-refractivity contribution < 1.29 is 33.4 Å². The Hall–Kier alpha value is -5.19. The molecule has 3 aliphatic carbocycles. The van der Waals surface area contributed by atoms with Crippen molar-refractivity contribution in [1.29, 1.82) is 0 Å². The molecule has 10 heteroatoms. The maximum absolute atomic E-state index is 14.5. The second-order valence-corrected chi connectivity index (χ2v) is 14.8. The topological polar surface area (TPSA) is 107 Å². The number of alkyl halides is 2. The molecule has 2 unspecified atom stereocenters. The minimum Gasteiger partial charge on any atom is -0.454 e. The van der Waals surface area contributed by atoms with Gasteiger partial charge in [-0.15, -0.1) is 0 Å². The molecular formula is C40H25Br2NO7. The van der Waals surface area contributed by atoms with Crippen LogP contribution in [0.2, 0.25) is 0 Å². The number of imide groups is 1. The summed E-state index contributed by atoms with van der Waals surface area (Å²) in [5.74, 6) is -4.19. The zero-order chi connectivity index (χ0) is 34.8. The minimum atomic E-state index is -0.987. The number of hydrogen-bond donors (Lipinski definition) is 0. The van der Waals surface area contributed by atoms with E-state index in [2.05, 4.69) is 31.9 Å². The number of carbonyl (C=O) groups excluding carboxylic acids is 5. The second kappa shape index (κ2) is 12.0. The van der Waals surface area contributed by atoms with E-state index in [0.717, 1.165) is 27.2 Å². The van der Waals surface area contributed by atoms with Crippen LogP contribution in [0.1, 0.15) is 53.3 Å². The summed E-state index contributed by atoms with van der Waals surface area (Å²) in [7, 11) is 0. The van der Waals surface area contributed by atoms with Gasteiger partial charge in [0.2, 0.25) is 11.8 Å². The van der Waals surface area contributed by atoms with E-state index in [0.29, 0.717) is 5.56 Å². The first-order valence-electron chi connectivity index (χ1n) is 15.8. The zero-order valence-corrected chi connectivity index (χ0v) is 29.2. The third kappa shape index (κ3) is 4.65. The molecule has 1 fully saturated rings. The highest BCUT2D eigenvalue weighted by atomic mass is 79.9. The van der Waals surface area contributed by atoms with Gasteiger partial charge < -0.3 is 9.47 Å². The molecule has 246 valence electrons. The Balaban J connectivity index is 1.04. The first-order valence-corrected chi connectivity index (χ1v) is 17.4. The maximum Gasteiger partial charge on any atom is 0.343 e. The molecule has 1 heterocycles. The van der Waals surface area contributed by atoms with Gasteiger partial charge in [-0.2, -0.15) is 0 Å². The van der Waals surface area contributed by atoms with Crippen LogP contribution in [0.25, 0.3) is 0 Å². The summed E-state index contributed by atoms with van der Waals surface area (Å²) in [5.41, 5.74) is 4.26. The quantitative estimate of drug-likeness (QED) is 0.0558. The van der Waals surface area contributed by atoms with Crippen LogP contribution in [0, 0.1) is 11.8 Å². The average molecular weight is 791 g/mol. The predicted octanol–water partition coefficient (Wildman–Crippen LogP) is 7.36. The zero-order valence-electron chi connectivity index (χ0n) is 26.0. The van der Waals surface area contributed by atoms with Crippen LogP contribution in [0.5, 0.6) is 5.75 Å². The van der Waals surface area contributed by atoms with E-state index in [9.17, 15) is 24.0 Å². The number of hydrogen-bond acceptors (Lipinski definition) is 7. The van der Waals surface area contributed by atoms with Crippen LogP contribution in [0.3, 0.4) is 0 Å². The molecule has 0 radical (unpaired) electrons. The fraction of sp³-hybridized carbons (Fsp3) is 0.125. The summed E-state index contributed by atoms with van der Waals surface area (Å²) >= 11 is 7.98. The van der Waals surface area contributed by atoms with Crippen LogP contribution >= 0.6 is 31.9 Å². The Morgan fingerprint density at radius 2 is 1.06 bits per heavy atom. The van der Waals surface area contributed by atoms with Gasteiger partial charge in [0.1, 0.15) is 5.75 Å². The normalized spacial score (nSPS) is 22.7. The summed E-state index contributed by atoms with van der Waals surface area (Å²) in [6.07, 6.45) is 0. The highest BCUT2D eigenvalue weighted by Gasteiger charge is 2.72. The number of ether oxygens (including phenoxy) is 2. The molecule has 5 aromatic rings. The highest BCUT2D eigenvalue weighted by molar-refractivity contribution is 9.10. The molecule has 0 spiro atoms. The van der Waals surface area contributed by atoms with E-state index in [1.54, 1.807) is 42.5 Å². The van der Waals surface area contributed by atoms with Gasteiger partial charge >= 0.3 is 11.9 Å². The number of carbonyl (C=O) groups is 5.